The van der Waals surface area contributed by atoms with Crippen molar-refractivity contribution in [1.29, 1.82) is 0 Å². The van der Waals surface area contributed by atoms with Crippen molar-refractivity contribution >= 4 is 11.6 Å². The number of benzene rings is 3. The summed E-state index contributed by atoms with van der Waals surface area (Å²) >= 11 is 0. The number of aromatic nitrogens is 1. The fourth-order valence-corrected chi connectivity index (χ4v) is 3.43. The van der Waals surface area contributed by atoms with E-state index in [1.165, 1.54) is 0 Å². The molecule has 0 saturated carbocycles. The number of pyridine rings is 1. The van der Waals surface area contributed by atoms with Crippen LogP contribution in [0.3, 0.4) is 0 Å². The standard InChI is InChI=1S/C26H18F4N2O2/c1-34-24-11-3-2-8-20(24)23-10-5-9-22(32-23)16-6-4-7-18(14-16)31-25(33)19-13-12-17(15-21(19)27)26(28,29)30/h2-15H,1H3,(H,31,33). The lowest BCUT2D eigenvalue weighted by molar-refractivity contribution is -0.137. The Kier molecular flexibility index (Phi) is 6.32. The number of ether oxygens (including phenoxy) is 1. The van der Waals surface area contributed by atoms with Crippen LogP contribution in [0.1, 0.15) is 15.9 Å². The molecular formula is C26H18F4N2O2. The Bertz CT molecular complexity index is 1350. The third-order valence-electron chi connectivity index (χ3n) is 5.09. The van der Waals surface area contributed by atoms with Crippen molar-refractivity contribution in [3.63, 3.8) is 0 Å². The van der Waals surface area contributed by atoms with E-state index in [-0.39, 0.29) is 0 Å². The number of para-hydroxylation sites is 1. The predicted molar refractivity (Wildman–Crippen MR) is 121 cm³/mol. The van der Waals surface area contributed by atoms with Gasteiger partial charge in [-0.3, -0.25) is 4.79 Å². The maximum Gasteiger partial charge on any atom is 0.416 e. The molecule has 3 aromatic carbocycles. The van der Waals surface area contributed by atoms with Crippen molar-refractivity contribution < 1.29 is 27.1 Å². The van der Waals surface area contributed by atoms with Gasteiger partial charge in [0, 0.05) is 16.8 Å². The Balaban J connectivity index is 1.59. The highest BCUT2D eigenvalue weighted by atomic mass is 19.4. The second-order valence-electron chi connectivity index (χ2n) is 7.34. The lowest BCUT2D eigenvalue weighted by Gasteiger charge is -2.11. The molecule has 1 amide bonds. The van der Waals surface area contributed by atoms with Gasteiger partial charge in [-0.15, -0.1) is 0 Å². The highest BCUT2D eigenvalue weighted by molar-refractivity contribution is 6.04. The van der Waals surface area contributed by atoms with E-state index in [0.29, 0.717) is 40.5 Å². The van der Waals surface area contributed by atoms with Crippen molar-refractivity contribution in [2.45, 2.75) is 6.18 Å². The summed E-state index contributed by atoms with van der Waals surface area (Å²) in [4.78, 5) is 17.2. The minimum atomic E-state index is -4.70. The van der Waals surface area contributed by atoms with Crippen LogP contribution >= 0.6 is 0 Å². The first-order valence-corrected chi connectivity index (χ1v) is 10.2. The van der Waals surface area contributed by atoms with Crippen LogP contribution in [-0.2, 0) is 6.18 Å². The molecule has 0 fully saturated rings. The normalized spacial score (nSPS) is 11.2. The number of hydrogen-bond acceptors (Lipinski definition) is 3. The molecular weight excluding hydrogens is 448 g/mol. The van der Waals surface area contributed by atoms with Crippen molar-refractivity contribution in [2.24, 2.45) is 0 Å². The van der Waals surface area contributed by atoms with E-state index in [9.17, 15) is 22.4 Å². The van der Waals surface area contributed by atoms with Crippen LogP contribution in [0.4, 0.5) is 23.2 Å². The molecule has 34 heavy (non-hydrogen) atoms. The van der Waals surface area contributed by atoms with Crippen LogP contribution in [0, 0.1) is 5.82 Å². The zero-order valence-electron chi connectivity index (χ0n) is 17.9. The van der Waals surface area contributed by atoms with E-state index < -0.39 is 29.0 Å². The van der Waals surface area contributed by atoms with Gasteiger partial charge in [0.1, 0.15) is 11.6 Å². The number of hydrogen-bond donors (Lipinski definition) is 1. The fraction of sp³-hybridized carbons (Fsp3) is 0.0769. The predicted octanol–water partition coefficient (Wildman–Crippen LogP) is 6.83. The van der Waals surface area contributed by atoms with Crippen molar-refractivity contribution in [3.05, 3.63) is 102 Å². The average Bonchev–Trinajstić information content (AvgIpc) is 2.83. The molecule has 0 aliphatic carbocycles. The number of alkyl halides is 3. The molecule has 1 N–H and O–H groups in total. The van der Waals surface area contributed by atoms with Gasteiger partial charge in [0.25, 0.3) is 5.91 Å². The molecule has 0 saturated heterocycles. The number of amides is 1. The smallest absolute Gasteiger partial charge is 0.416 e. The molecule has 0 radical (unpaired) electrons. The lowest BCUT2D eigenvalue weighted by Crippen LogP contribution is -2.15. The molecule has 4 nitrogen and oxygen atoms in total. The summed E-state index contributed by atoms with van der Waals surface area (Å²) in [7, 11) is 1.58. The number of methoxy groups -OCH3 is 1. The number of anilines is 1. The van der Waals surface area contributed by atoms with Gasteiger partial charge in [0.15, 0.2) is 0 Å². The Labute approximate surface area is 192 Å². The zero-order valence-corrected chi connectivity index (χ0v) is 17.9. The summed E-state index contributed by atoms with van der Waals surface area (Å²) in [5, 5.41) is 2.52. The van der Waals surface area contributed by atoms with E-state index >= 15 is 0 Å². The summed E-state index contributed by atoms with van der Waals surface area (Å²) < 4.78 is 57.8. The van der Waals surface area contributed by atoms with Crippen LogP contribution in [-0.4, -0.2) is 18.0 Å². The maximum atomic E-state index is 14.2. The Hall–Kier alpha value is -4.20. The summed E-state index contributed by atoms with van der Waals surface area (Å²) in [6.07, 6.45) is -4.70. The van der Waals surface area contributed by atoms with Crippen LogP contribution in [0.15, 0.2) is 84.9 Å². The molecule has 0 atom stereocenters. The first-order valence-electron chi connectivity index (χ1n) is 10.2. The first kappa shape index (κ1) is 23.0. The number of nitrogens with one attached hydrogen (secondary N) is 1. The highest BCUT2D eigenvalue weighted by Crippen LogP contribution is 2.32. The van der Waals surface area contributed by atoms with Crippen LogP contribution < -0.4 is 10.1 Å². The van der Waals surface area contributed by atoms with Crippen LogP contribution in [0.2, 0.25) is 0 Å². The van der Waals surface area contributed by atoms with Crippen LogP contribution in [0.25, 0.3) is 22.5 Å². The summed E-state index contributed by atoms with van der Waals surface area (Å²) in [5.41, 5.74) is 1.50. The zero-order chi connectivity index (χ0) is 24.3. The molecule has 0 aliphatic heterocycles. The third-order valence-corrected chi connectivity index (χ3v) is 5.09. The minimum Gasteiger partial charge on any atom is -0.496 e. The van der Waals surface area contributed by atoms with E-state index in [1.54, 1.807) is 37.4 Å². The van der Waals surface area contributed by atoms with Gasteiger partial charge < -0.3 is 10.1 Å². The summed E-state index contributed by atoms with van der Waals surface area (Å²) in [6.45, 7) is 0. The number of nitrogens with zero attached hydrogens (tertiary/aromatic N) is 1. The number of carbonyl (C=O) groups excluding carboxylic acids is 1. The largest absolute Gasteiger partial charge is 0.496 e. The molecule has 1 aromatic heterocycles. The third kappa shape index (κ3) is 4.91. The van der Waals surface area contributed by atoms with Crippen molar-refractivity contribution in [3.8, 4) is 28.3 Å². The van der Waals surface area contributed by atoms with Gasteiger partial charge in [-0.2, -0.15) is 13.2 Å². The molecule has 1 heterocycles. The van der Waals surface area contributed by atoms with E-state index in [4.69, 9.17) is 4.74 Å². The second kappa shape index (κ2) is 9.35. The monoisotopic (exact) mass is 466 g/mol. The molecule has 4 rings (SSSR count). The topological polar surface area (TPSA) is 51.2 Å². The van der Waals surface area contributed by atoms with E-state index in [2.05, 4.69) is 10.3 Å². The molecule has 0 aliphatic rings. The average molecular weight is 466 g/mol. The SMILES string of the molecule is COc1ccccc1-c1cccc(-c2cccc(NC(=O)c3ccc(C(F)(F)F)cc3F)c2)n1. The quantitative estimate of drug-likeness (QED) is 0.328. The van der Waals surface area contributed by atoms with Gasteiger partial charge in [-0.25, -0.2) is 9.37 Å². The molecule has 0 unspecified atom stereocenters. The first-order chi connectivity index (χ1) is 16.3. The summed E-state index contributed by atoms with van der Waals surface area (Å²) in [6, 6.07) is 21.5. The van der Waals surface area contributed by atoms with E-state index in [1.807, 2.05) is 36.4 Å². The number of carbonyl (C=O) groups is 1. The van der Waals surface area contributed by atoms with Gasteiger partial charge in [0.05, 0.1) is 29.6 Å². The van der Waals surface area contributed by atoms with Crippen LogP contribution in [0.5, 0.6) is 5.75 Å². The van der Waals surface area contributed by atoms with Gasteiger partial charge in [-0.1, -0.05) is 30.3 Å². The maximum absolute atomic E-state index is 14.2. The van der Waals surface area contributed by atoms with Gasteiger partial charge in [-0.05, 0) is 54.6 Å². The van der Waals surface area contributed by atoms with Crippen molar-refractivity contribution in [1.82, 2.24) is 4.98 Å². The molecule has 0 bridgehead atoms. The number of rotatable bonds is 5. The Morgan fingerprint density at radius 2 is 1.62 bits per heavy atom. The second-order valence-corrected chi connectivity index (χ2v) is 7.34. The molecule has 172 valence electrons. The van der Waals surface area contributed by atoms with E-state index in [0.717, 1.165) is 11.6 Å². The number of halogens is 4. The molecule has 0 spiro atoms. The highest BCUT2D eigenvalue weighted by Gasteiger charge is 2.31. The lowest BCUT2D eigenvalue weighted by atomic mass is 10.1. The van der Waals surface area contributed by atoms with Crippen molar-refractivity contribution in [2.75, 3.05) is 12.4 Å². The fourth-order valence-electron chi connectivity index (χ4n) is 3.43. The van der Waals surface area contributed by atoms with Gasteiger partial charge >= 0.3 is 6.18 Å². The van der Waals surface area contributed by atoms with Gasteiger partial charge in [0.2, 0.25) is 0 Å². The summed E-state index contributed by atoms with van der Waals surface area (Å²) in [5.74, 6) is -1.44. The Morgan fingerprint density at radius 3 is 2.35 bits per heavy atom. The Morgan fingerprint density at radius 1 is 0.882 bits per heavy atom. The molecule has 4 aromatic rings. The minimum absolute atomic E-state index is 0.304. The molecule has 8 heteroatoms.